The van der Waals surface area contributed by atoms with Crippen LogP contribution in [0.2, 0.25) is 10.0 Å². The lowest BCUT2D eigenvalue weighted by Gasteiger charge is -2.13. The minimum Gasteiger partial charge on any atom is -0.490 e. The molecule has 1 heterocycles. The highest BCUT2D eigenvalue weighted by atomic mass is 35.5. The molecular weight excluding hydrogens is 531 g/mol. The number of benzene rings is 3. The normalized spacial score (nSPS) is 14.6. The van der Waals surface area contributed by atoms with Crippen molar-refractivity contribution in [1.29, 1.82) is 0 Å². The summed E-state index contributed by atoms with van der Waals surface area (Å²) >= 11 is 14.0. The summed E-state index contributed by atoms with van der Waals surface area (Å²) in [7, 11) is 0. The smallest absolute Gasteiger partial charge is 0.293 e. The van der Waals surface area contributed by atoms with Gasteiger partial charge in [0.1, 0.15) is 12.4 Å². The molecule has 1 aliphatic rings. The Morgan fingerprint density at radius 2 is 1.80 bits per heavy atom. The number of para-hydroxylation sites is 1. The number of rotatable bonds is 8. The number of imide groups is 1. The summed E-state index contributed by atoms with van der Waals surface area (Å²) in [4.78, 5) is 38.8. The number of halogens is 2. The lowest BCUT2D eigenvalue weighted by Crippen LogP contribution is -2.32. The van der Waals surface area contributed by atoms with Crippen molar-refractivity contribution < 1.29 is 19.2 Å². The first-order valence-electron chi connectivity index (χ1n) is 10.2. The van der Waals surface area contributed by atoms with Crippen LogP contribution in [-0.2, 0) is 4.79 Å². The maximum Gasteiger partial charge on any atom is 0.293 e. The molecule has 0 aliphatic carbocycles. The maximum atomic E-state index is 12.8. The molecule has 0 N–H and O–H groups in total. The molecule has 4 rings (SSSR count). The van der Waals surface area contributed by atoms with Crippen molar-refractivity contribution in [2.75, 3.05) is 13.2 Å². The molecular formula is C24H16Cl2N2O5S2. The predicted octanol–water partition coefficient (Wildman–Crippen LogP) is 7.17. The van der Waals surface area contributed by atoms with E-state index in [9.17, 15) is 19.7 Å². The molecule has 35 heavy (non-hydrogen) atoms. The molecule has 3 aromatic carbocycles. The highest BCUT2D eigenvalue weighted by Crippen LogP contribution is 2.37. The fraction of sp³-hybridized carbons (Fsp3) is 0.0833. The van der Waals surface area contributed by atoms with Gasteiger partial charge in [0.2, 0.25) is 0 Å². The fourth-order valence-corrected chi connectivity index (χ4v) is 5.22. The molecule has 0 unspecified atom stereocenters. The molecule has 0 radical (unpaired) electrons. The van der Waals surface area contributed by atoms with Gasteiger partial charge in [-0.1, -0.05) is 53.2 Å². The average molecular weight is 547 g/mol. The molecule has 1 fully saturated rings. The van der Waals surface area contributed by atoms with Gasteiger partial charge in [-0.3, -0.25) is 24.6 Å². The zero-order valence-electron chi connectivity index (χ0n) is 17.9. The summed E-state index contributed by atoms with van der Waals surface area (Å²) in [6.45, 7) is 0.126. The van der Waals surface area contributed by atoms with E-state index in [1.807, 2.05) is 0 Å². The van der Waals surface area contributed by atoms with E-state index >= 15 is 0 Å². The Morgan fingerprint density at radius 1 is 1.06 bits per heavy atom. The second-order valence-electron chi connectivity index (χ2n) is 7.15. The van der Waals surface area contributed by atoms with Crippen LogP contribution in [0.25, 0.3) is 6.08 Å². The van der Waals surface area contributed by atoms with Gasteiger partial charge >= 0.3 is 0 Å². The number of carbonyl (C=O) groups excluding carboxylic acids is 2. The Balaban J connectivity index is 1.47. The van der Waals surface area contributed by atoms with Gasteiger partial charge in [-0.25, -0.2) is 0 Å². The van der Waals surface area contributed by atoms with Crippen molar-refractivity contribution >= 4 is 69.6 Å². The Kier molecular flexibility index (Phi) is 8.02. The number of thioether (sulfide) groups is 1. The number of nitro groups is 1. The molecule has 2 amide bonds. The molecule has 178 valence electrons. The second-order valence-corrected chi connectivity index (χ2v) is 10.1. The molecule has 1 saturated heterocycles. The van der Waals surface area contributed by atoms with Crippen LogP contribution in [0.15, 0.2) is 81.4 Å². The van der Waals surface area contributed by atoms with Gasteiger partial charge in [0.05, 0.1) is 26.3 Å². The molecule has 0 bridgehead atoms. The van der Waals surface area contributed by atoms with Crippen LogP contribution in [0.3, 0.4) is 0 Å². The molecule has 11 heteroatoms. The zero-order valence-corrected chi connectivity index (χ0v) is 21.0. The Morgan fingerprint density at radius 3 is 2.51 bits per heavy atom. The average Bonchev–Trinajstić information content (AvgIpc) is 3.09. The molecule has 3 aromatic rings. The SMILES string of the molecule is O=C1S/C(=C\c2ccc(Sc3ccc(Cl)cc3)c([N+](=O)[O-])c2)C(=O)N1CCOc1ccccc1Cl. The third kappa shape index (κ3) is 6.18. The van der Waals surface area contributed by atoms with Gasteiger partial charge in [0.25, 0.3) is 16.8 Å². The van der Waals surface area contributed by atoms with Crippen LogP contribution < -0.4 is 4.74 Å². The van der Waals surface area contributed by atoms with Crippen molar-refractivity contribution in [3.63, 3.8) is 0 Å². The zero-order chi connectivity index (χ0) is 24.9. The van der Waals surface area contributed by atoms with Crippen LogP contribution in [0.1, 0.15) is 5.56 Å². The molecule has 0 aromatic heterocycles. The van der Waals surface area contributed by atoms with Crippen LogP contribution in [0, 0.1) is 10.1 Å². The lowest BCUT2D eigenvalue weighted by molar-refractivity contribution is -0.387. The third-order valence-corrected chi connectivity index (χ3v) is 7.35. The topological polar surface area (TPSA) is 89.8 Å². The summed E-state index contributed by atoms with van der Waals surface area (Å²) in [6, 6.07) is 18.5. The molecule has 1 aliphatic heterocycles. The van der Waals surface area contributed by atoms with Crippen molar-refractivity contribution in [2.24, 2.45) is 0 Å². The van der Waals surface area contributed by atoms with Crippen molar-refractivity contribution in [3.05, 3.63) is 97.4 Å². The molecule has 0 atom stereocenters. The van der Waals surface area contributed by atoms with E-state index < -0.39 is 16.1 Å². The molecule has 7 nitrogen and oxygen atoms in total. The first kappa shape index (κ1) is 25.1. The van der Waals surface area contributed by atoms with Crippen LogP contribution in [-0.4, -0.2) is 34.1 Å². The van der Waals surface area contributed by atoms with Gasteiger partial charge in [-0.05, 0) is 65.9 Å². The van der Waals surface area contributed by atoms with Gasteiger partial charge < -0.3 is 4.74 Å². The van der Waals surface area contributed by atoms with E-state index in [0.717, 1.165) is 21.6 Å². The highest BCUT2D eigenvalue weighted by Gasteiger charge is 2.35. The number of hydrogen-bond donors (Lipinski definition) is 0. The maximum absolute atomic E-state index is 12.8. The van der Waals surface area contributed by atoms with E-state index in [2.05, 4.69) is 0 Å². The fourth-order valence-electron chi connectivity index (χ4n) is 3.14. The first-order valence-corrected chi connectivity index (χ1v) is 12.6. The predicted molar refractivity (Wildman–Crippen MR) is 138 cm³/mol. The van der Waals surface area contributed by atoms with E-state index in [1.54, 1.807) is 60.7 Å². The lowest BCUT2D eigenvalue weighted by atomic mass is 10.2. The van der Waals surface area contributed by atoms with E-state index in [0.29, 0.717) is 26.3 Å². The Labute approximate surface area is 219 Å². The van der Waals surface area contributed by atoms with E-state index in [-0.39, 0.29) is 23.7 Å². The Hall–Kier alpha value is -2.98. The number of hydrogen-bond acceptors (Lipinski definition) is 7. The van der Waals surface area contributed by atoms with Crippen molar-refractivity contribution in [2.45, 2.75) is 9.79 Å². The Bertz CT molecular complexity index is 1330. The van der Waals surface area contributed by atoms with E-state index in [4.69, 9.17) is 27.9 Å². The minimum absolute atomic E-state index is 0.0457. The summed E-state index contributed by atoms with van der Waals surface area (Å²) in [5, 5.41) is 12.2. The standard InChI is InChI=1S/C24H16Cl2N2O5S2/c25-16-6-8-17(9-7-16)34-21-10-5-15(13-19(21)28(31)32)14-22-23(29)27(24(30)35-22)11-12-33-20-4-2-1-3-18(20)26/h1-10,13-14H,11-12H2/b22-14-. The summed E-state index contributed by atoms with van der Waals surface area (Å²) in [5.74, 6) is -0.0226. The van der Waals surface area contributed by atoms with E-state index in [1.165, 1.54) is 23.9 Å². The number of amides is 2. The van der Waals surface area contributed by atoms with Crippen LogP contribution in [0.5, 0.6) is 5.75 Å². The van der Waals surface area contributed by atoms with Crippen LogP contribution in [0.4, 0.5) is 10.5 Å². The second kappa shape index (κ2) is 11.2. The number of ether oxygens (including phenoxy) is 1. The highest BCUT2D eigenvalue weighted by molar-refractivity contribution is 8.18. The quantitative estimate of drug-likeness (QED) is 0.168. The van der Waals surface area contributed by atoms with Crippen LogP contribution >= 0.6 is 46.7 Å². The summed E-state index contributed by atoms with van der Waals surface area (Å²) < 4.78 is 5.57. The van der Waals surface area contributed by atoms with Crippen molar-refractivity contribution in [3.8, 4) is 5.75 Å². The van der Waals surface area contributed by atoms with Gasteiger partial charge in [-0.15, -0.1) is 0 Å². The largest absolute Gasteiger partial charge is 0.490 e. The summed E-state index contributed by atoms with van der Waals surface area (Å²) in [5.41, 5.74) is 0.334. The number of carbonyl (C=O) groups is 2. The molecule has 0 saturated carbocycles. The minimum atomic E-state index is -0.481. The number of nitro benzene ring substituents is 1. The van der Waals surface area contributed by atoms with Gasteiger partial charge in [0, 0.05) is 16.0 Å². The third-order valence-electron chi connectivity index (χ3n) is 4.80. The monoisotopic (exact) mass is 546 g/mol. The summed E-state index contributed by atoms with van der Waals surface area (Å²) in [6.07, 6.45) is 1.48. The van der Waals surface area contributed by atoms with Crippen molar-refractivity contribution in [1.82, 2.24) is 4.90 Å². The number of nitrogens with zero attached hydrogens (tertiary/aromatic N) is 2. The first-order chi connectivity index (χ1) is 16.8. The van der Waals surface area contributed by atoms with Gasteiger partial charge in [0.15, 0.2) is 0 Å². The molecule has 0 spiro atoms. The van der Waals surface area contributed by atoms with Gasteiger partial charge in [-0.2, -0.15) is 0 Å².